The summed E-state index contributed by atoms with van der Waals surface area (Å²) in [4.78, 5) is 11.5. The first kappa shape index (κ1) is 30.6. The van der Waals surface area contributed by atoms with Crippen molar-refractivity contribution in [2.24, 2.45) is 17.6 Å². The lowest BCUT2D eigenvalue weighted by atomic mass is 10.0. The lowest BCUT2D eigenvalue weighted by molar-refractivity contribution is -0.147. The van der Waals surface area contributed by atoms with Gasteiger partial charge in [0.15, 0.2) is 0 Å². The standard InChI is InChI=1S/C12H25NO2.C3H8.CH5OP.CH4O/c1-5-10(6-2)8-15-12(14)11(13)7-9(3)4;1-3-2;1-2-3;1-2/h9-11H,5-8,13H2,1-4H3;3H2,1-2H3;3H2,1H3;2H,1H3. The van der Waals surface area contributed by atoms with Crippen molar-refractivity contribution in [1.29, 1.82) is 0 Å². The van der Waals surface area contributed by atoms with E-state index in [-0.39, 0.29) is 5.97 Å². The molecule has 23 heavy (non-hydrogen) atoms. The summed E-state index contributed by atoms with van der Waals surface area (Å²) in [6.07, 6.45) is 4.04. The van der Waals surface area contributed by atoms with Crippen LogP contribution in [0.3, 0.4) is 0 Å². The van der Waals surface area contributed by atoms with Crippen molar-refractivity contribution in [3.05, 3.63) is 0 Å². The number of aliphatic hydroxyl groups is 1. The van der Waals surface area contributed by atoms with Crippen LogP contribution in [0.15, 0.2) is 0 Å². The first-order valence-electron chi connectivity index (χ1n) is 8.43. The predicted molar refractivity (Wildman–Crippen MR) is 103 cm³/mol. The number of rotatable bonds is 7. The molecule has 0 aliphatic rings. The Kier molecular flexibility index (Phi) is 35.5. The summed E-state index contributed by atoms with van der Waals surface area (Å²) in [6, 6.07) is -0.459. The molecule has 0 aromatic carbocycles. The Morgan fingerprint density at radius 1 is 1.13 bits per heavy atom. The molecule has 6 heteroatoms. The van der Waals surface area contributed by atoms with Crippen LogP contribution in [0.2, 0.25) is 0 Å². The van der Waals surface area contributed by atoms with Crippen LogP contribution in [0.5, 0.6) is 0 Å². The van der Waals surface area contributed by atoms with E-state index < -0.39 is 6.04 Å². The molecular weight excluding hydrogens is 313 g/mol. The molecule has 0 bridgehead atoms. The van der Waals surface area contributed by atoms with Gasteiger partial charge in [0.2, 0.25) is 0 Å². The Labute approximate surface area is 147 Å². The van der Waals surface area contributed by atoms with Gasteiger partial charge < -0.3 is 20.1 Å². The molecule has 0 saturated carbocycles. The molecule has 0 fully saturated rings. The maximum Gasteiger partial charge on any atom is 0.322 e. The molecule has 3 N–H and O–H groups in total. The van der Waals surface area contributed by atoms with Crippen molar-refractivity contribution in [2.75, 3.05) is 20.8 Å². The summed E-state index contributed by atoms with van der Waals surface area (Å²) in [6.45, 7) is 13.1. The fraction of sp³-hybridized carbons (Fsp3) is 0.941. The molecule has 0 aliphatic heterocycles. The molecule has 0 rings (SSSR count). The predicted octanol–water partition coefficient (Wildman–Crippen LogP) is 3.79. The minimum atomic E-state index is -0.459. The van der Waals surface area contributed by atoms with Gasteiger partial charge in [-0.1, -0.05) is 60.8 Å². The van der Waals surface area contributed by atoms with Gasteiger partial charge in [-0.15, -0.1) is 0 Å². The van der Waals surface area contributed by atoms with Crippen LogP contribution < -0.4 is 5.73 Å². The maximum absolute atomic E-state index is 11.5. The summed E-state index contributed by atoms with van der Waals surface area (Å²) in [5.41, 5.74) is 5.71. The highest BCUT2D eigenvalue weighted by Gasteiger charge is 2.17. The highest BCUT2D eigenvalue weighted by molar-refractivity contribution is 7.09. The van der Waals surface area contributed by atoms with Gasteiger partial charge in [0, 0.05) is 14.2 Å². The number of carbonyl (C=O) groups is 1. The van der Waals surface area contributed by atoms with Crippen molar-refractivity contribution in [1.82, 2.24) is 0 Å². The Morgan fingerprint density at radius 2 is 1.48 bits per heavy atom. The quantitative estimate of drug-likeness (QED) is 0.536. The van der Waals surface area contributed by atoms with Crippen LogP contribution in [-0.2, 0) is 14.1 Å². The number of esters is 1. The van der Waals surface area contributed by atoms with Crippen LogP contribution in [-0.4, -0.2) is 37.9 Å². The van der Waals surface area contributed by atoms with E-state index in [0.29, 0.717) is 24.9 Å². The van der Waals surface area contributed by atoms with Gasteiger partial charge in [0.25, 0.3) is 0 Å². The van der Waals surface area contributed by atoms with Crippen LogP contribution in [0.4, 0.5) is 0 Å². The average Bonchev–Trinajstić information content (AvgIpc) is 2.51. The second kappa shape index (κ2) is 26.7. The van der Waals surface area contributed by atoms with E-state index in [1.54, 1.807) is 7.11 Å². The van der Waals surface area contributed by atoms with Crippen molar-refractivity contribution in [3.8, 4) is 0 Å². The number of hydrogen-bond donors (Lipinski definition) is 2. The third-order valence-corrected chi connectivity index (χ3v) is 2.64. The first-order chi connectivity index (χ1) is 10.8. The number of ether oxygens (including phenoxy) is 1. The average molecular weight is 356 g/mol. The Morgan fingerprint density at radius 3 is 1.74 bits per heavy atom. The molecule has 0 heterocycles. The van der Waals surface area contributed by atoms with E-state index in [2.05, 4.69) is 41.7 Å². The minimum absolute atomic E-state index is 0.254. The van der Waals surface area contributed by atoms with Gasteiger partial charge in [0.1, 0.15) is 6.04 Å². The van der Waals surface area contributed by atoms with Crippen LogP contribution >= 0.6 is 9.47 Å². The first-order valence-corrected chi connectivity index (χ1v) is 8.91. The summed E-state index contributed by atoms with van der Waals surface area (Å²) in [5.74, 6) is 0.650. The molecule has 0 aromatic heterocycles. The normalized spacial score (nSPS) is 10.5. The second-order valence-electron chi connectivity index (χ2n) is 5.49. The molecule has 144 valence electrons. The van der Waals surface area contributed by atoms with E-state index in [1.807, 2.05) is 13.8 Å². The number of hydrogen-bond acceptors (Lipinski definition) is 5. The van der Waals surface area contributed by atoms with Gasteiger partial charge in [0.05, 0.1) is 6.61 Å². The van der Waals surface area contributed by atoms with Gasteiger partial charge >= 0.3 is 5.97 Å². The zero-order chi connectivity index (χ0) is 19.3. The summed E-state index contributed by atoms with van der Waals surface area (Å²) < 4.78 is 9.35. The summed E-state index contributed by atoms with van der Waals surface area (Å²) in [7, 11) is 4.67. The van der Waals surface area contributed by atoms with Crippen molar-refractivity contribution >= 4 is 15.4 Å². The van der Waals surface area contributed by atoms with Gasteiger partial charge in [-0.05, 0) is 27.7 Å². The zero-order valence-corrected chi connectivity index (χ0v) is 17.7. The molecule has 5 nitrogen and oxygen atoms in total. The fourth-order valence-corrected chi connectivity index (χ4v) is 1.44. The van der Waals surface area contributed by atoms with Crippen molar-refractivity contribution < 1.29 is 19.2 Å². The van der Waals surface area contributed by atoms with Gasteiger partial charge in [-0.25, -0.2) is 0 Å². The Hall–Kier alpha value is -0.220. The maximum atomic E-state index is 11.5. The zero-order valence-electron chi connectivity index (χ0n) is 16.6. The highest BCUT2D eigenvalue weighted by Crippen LogP contribution is 2.09. The second-order valence-corrected chi connectivity index (χ2v) is 5.96. The molecule has 0 aliphatic carbocycles. The smallest absolute Gasteiger partial charge is 0.322 e. The molecule has 0 amide bonds. The summed E-state index contributed by atoms with van der Waals surface area (Å²) >= 11 is 0. The molecule has 0 aromatic rings. The third-order valence-electron chi connectivity index (χ3n) is 2.64. The molecule has 0 radical (unpaired) electrons. The monoisotopic (exact) mass is 355 g/mol. The van der Waals surface area contributed by atoms with E-state index in [1.165, 1.54) is 6.42 Å². The van der Waals surface area contributed by atoms with Crippen LogP contribution in [0.25, 0.3) is 0 Å². The summed E-state index contributed by atoms with van der Waals surface area (Å²) in [5, 5.41) is 7.00. The largest absolute Gasteiger partial charge is 0.464 e. The number of carbonyl (C=O) groups excluding carboxylic acids is 1. The van der Waals surface area contributed by atoms with Gasteiger partial charge in [-0.2, -0.15) is 0 Å². The van der Waals surface area contributed by atoms with Crippen LogP contribution in [0.1, 0.15) is 67.2 Å². The minimum Gasteiger partial charge on any atom is -0.464 e. The lowest BCUT2D eigenvalue weighted by Crippen LogP contribution is -2.34. The lowest BCUT2D eigenvalue weighted by Gasteiger charge is -2.16. The molecule has 2 unspecified atom stereocenters. The van der Waals surface area contributed by atoms with Crippen molar-refractivity contribution in [3.63, 3.8) is 0 Å². The molecular formula is C17H42NO4P. The Bertz CT molecular complexity index is 211. The fourth-order valence-electron chi connectivity index (χ4n) is 1.44. The number of nitrogens with two attached hydrogens (primary N) is 1. The van der Waals surface area contributed by atoms with Crippen molar-refractivity contribution in [2.45, 2.75) is 73.3 Å². The van der Waals surface area contributed by atoms with E-state index in [9.17, 15) is 4.79 Å². The molecule has 0 spiro atoms. The van der Waals surface area contributed by atoms with E-state index in [0.717, 1.165) is 20.0 Å². The molecule has 2 atom stereocenters. The Balaban J connectivity index is -0.000000190. The van der Waals surface area contributed by atoms with E-state index in [4.69, 9.17) is 15.6 Å². The third kappa shape index (κ3) is 30.3. The highest BCUT2D eigenvalue weighted by atomic mass is 31.0. The number of aliphatic hydroxyl groups excluding tert-OH is 1. The van der Waals surface area contributed by atoms with Gasteiger partial charge in [-0.3, -0.25) is 4.79 Å². The topological polar surface area (TPSA) is 81.8 Å². The van der Waals surface area contributed by atoms with E-state index >= 15 is 0 Å². The SMILES string of the molecule is CCC.CCC(CC)COC(=O)C(N)CC(C)C.CO.COP. The molecule has 0 saturated heterocycles. The van der Waals surface area contributed by atoms with Crippen LogP contribution in [0, 0.1) is 11.8 Å².